The lowest BCUT2D eigenvalue weighted by molar-refractivity contribution is 0.660. The molecule has 1 aliphatic heterocycles. The SMILES string of the molecule is CC1(C)c2ccccc2-c2cc(-c3ccc4c(c3)c3cc(-c5ccc6c(c5)c5ccccc5n6-c5ccccc5)ccc3n4-c3cccc(C4=CC=CC(c5ccccc5)N4)c3)ccc21. The van der Waals surface area contributed by atoms with Gasteiger partial charge in [0.25, 0.3) is 0 Å². The van der Waals surface area contributed by atoms with Gasteiger partial charge in [0, 0.05) is 44.0 Å². The van der Waals surface area contributed by atoms with Crippen LogP contribution in [0, 0.1) is 0 Å². The predicted octanol–water partition coefficient (Wildman–Crippen LogP) is 15.8. The summed E-state index contributed by atoms with van der Waals surface area (Å²) in [5.74, 6) is 0. The van der Waals surface area contributed by atoms with Gasteiger partial charge in [-0.3, -0.25) is 0 Å². The topological polar surface area (TPSA) is 21.9 Å². The van der Waals surface area contributed by atoms with Gasteiger partial charge in [0.2, 0.25) is 0 Å². The number of allylic oxidation sites excluding steroid dienone is 2. The van der Waals surface area contributed by atoms with Crippen molar-refractivity contribution >= 4 is 49.3 Å². The number of rotatable bonds is 6. The average molecular weight is 832 g/mol. The lowest BCUT2D eigenvalue weighted by atomic mass is 9.82. The first kappa shape index (κ1) is 37.4. The molecule has 11 aromatic rings. The molecule has 0 bridgehead atoms. The summed E-state index contributed by atoms with van der Waals surface area (Å²) in [6.07, 6.45) is 6.59. The number of hydrogen-bond donors (Lipinski definition) is 1. The fraction of sp³-hybridized carbons (Fsp3) is 0.0645. The molecular formula is C62H45N3. The highest BCUT2D eigenvalue weighted by Crippen LogP contribution is 2.50. The molecule has 0 amide bonds. The van der Waals surface area contributed by atoms with E-state index in [1.807, 2.05) is 0 Å². The Labute approximate surface area is 378 Å². The van der Waals surface area contributed by atoms with Gasteiger partial charge >= 0.3 is 0 Å². The van der Waals surface area contributed by atoms with Gasteiger partial charge in [0.05, 0.1) is 28.1 Å². The van der Waals surface area contributed by atoms with Crippen molar-refractivity contribution in [2.24, 2.45) is 0 Å². The summed E-state index contributed by atoms with van der Waals surface area (Å²) < 4.78 is 4.84. The molecule has 3 nitrogen and oxygen atoms in total. The number of fused-ring (bicyclic) bond motifs is 9. The monoisotopic (exact) mass is 831 g/mol. The molecule has 0 fully saturated rings. The van der Waals surface area contributed by atoms with Crippen molar-refractivity contribution in [1.82, 2.24) is 14.5 Å². The second-order valence-corrected chi connectivity index (χ2v) is 18.2. The summed E-state index contributed by atoms with van der Waals surface area (Å²) in [6.45, 7) is 4.70. The molecule has 3 heteroatoms. The molecule has 1 aliphatic carbocycles. The Hall–Kier alpha value is -8.14. The van der Waals surface area contributed by atoms with Crippen LogP contribution in [-0.4, -0.2) is 9.13 Å². The van der Waals surface area contributed by atoms with Crippen molar-refractivity contribution < 1.29 is 0 Å². The van der Waals surface area contributed by atoms with E-state index in [0.717, 1.165) is 16.9 Å². The van der Waals surface area contributed by atoms with E-state index in [2.05, 4.69) is 253 Å². The molecule has 0 radical (unpaired) electrons. The van der Waals surface area contributed by atoms with E-state index < -0.39 is 0 Å². The van der Waals surface area contributed by atoms with Crippen molar-refractivity contribution in [2.45, 2.75) is 25.3 Å². The molecule has 0 spiro atoms. The van der Waals surface area contributed by atoms with Crippen molar-refractivity contribution in [1.29, 1.82) is 0 Å². The van der Waals surface area contributed by atoms with E-state index in [1.54, 1.807) is 0 Å². The second kappa shape index (κ2) is 14.5. The number of dihydropyridines is 1. The Morgan fingerprint density at radius 3 is 1.66 bits per heavy atom. The molecule has 3 heterocycles. The quantitative estimate of drug-likeness (QED) is 0.177. The normalized spacial score (nSPS) is 15.0. The maximum Gasteiger partial charge on any atom is 0.0701 e. The van der Waals surface area contributed by atoms with Crippen LogP contribution in [0.2, 0.25) is 0 Å². The van der Waals surface area contributed by atoms with Gasteiger partial charge in [-0.25, -0.2) is 0 Å². The molecule has 1 N–H and O–H groups in total. The maximum absolute atomic E-state index is 3.81. The Kier molecular flexibility index (Phi) is 8.32. The number of aromatic nitrogens is 2. The van der Waals surface area contributed by atoms with Crippen LogP contribution < -0.4 is 5.32 Å². The molecular weight excluding hydrogens is 787 g/mol. The first-order chi connectivity index (χ1) is 32.0. The molecule has 0 saturated carbocycles. The minimum absolute atomic E-state index is 0.0336. The third-order valence-corrected chi connectivity index (χ3v) is 14.2. The lowest BCUT2D eigenvalue weighted by Crippen LogP contribution is -2.20. The standard InChI is InChI=1S/C62H45N3/c1-62(2)54-23-11-9-21-48(54)50-36-41(27-31-55(50)62)43-29-33-60-52(38-43)53-39-44(42-28-32-59-51(37-42)49-22-10-12-26-58(49)64(59)46-18-7-4-8-19-46)30-34-61(53)65(60)47-20-13-17-45(35-47)57-25-14-24-56(63-57)40-15-5-3-6-16-40/h3-39,56,63H,1-2H3. The van der Waals surface area contributed by atoms with Crippen LogP contribution in [0.4, 0.5) is 0 Å². The summed E-state index contributed by atoms with van der Waals surface area (Å²) in [7, 11) is 0. The molecule has 13 rings (SSSR count). The van der Waals surface area contributed by atoms with Crippen LogP contribution >= 0.6 is 0 Å². The fourth-order valence-electron chi connectivity index (χ4n) is 10.9. The molecule has 0 saturated heterocycles. The van der Waals surface area contributed by atoms with E-state index >= 15 is 0 Å². The van der Waals surface area contributed by atoms with Gasteiger partial charge in [-0.15, -0.1) is 0 Å². The van der Waals surface area contributed by atoms with E-state index in [-0.39, 0.29) is 11.5 Å². The second-order valence-electron chi connectivity index (χ2n) is 18.2. The van der Waals surface area contributed by atoms with Crippen LogP contribution in [0.15, 0.2) is 224 Å². The molecule has 2 aromatic heterocycles. The number of hydrogen-bond acceptors (Lipinski definition) is 1. The summed E-state index contributed by atoms with van der Waals surface area (Å²) in [4.78, 5) is 0. The van der Waals surface area contributed by atoms with Gasteiger partial charge in [-0.05, 0) is 135 Å². The van der Waals surface area contributed by atoms with Crippen LogP contribution in [0.5, 0.6) is 0 Å². The Bertz CT molecular complexity index is 3770. The minimum atomic E-state index is -0.0336. The zero-order chi connectivity index (χ0) is 43.2. The lowest BCUT2D eigenvalue weighted by Gasteiger charge is -2.23. The first-order valence-electron chi connectivity index (χ1n) is 22.7. The van der Waals surface area contributed by atoms with Gasteiger partial charge in [-0.1, -0.05) is 159 Å². The summed E-state index contributed by atoms with van der Waals surface area (Å²) >= 11 is 0. The van der Waals surface area contributed by atoms with Crippen molar-refractivity contribution in [2.75, 3.05) is 0 Å². The van der Waals surface area contributed by atoms with Crippen LogP contribution in [0.25, 0.3) is 94.1 Å². The summed E-state index contributed by atoms with van der Waals surface area (Å²) in [6, 6.07) is 76.3. The zero-order valence-electron chi connectivity index (χ0n) is 36.3. The van der Waals surface area contributed by atoms with Crippen LogP contribution in [0.3, 0.4) is 0 Å². The van der Waals surface area contributed by atoms with E-state index in [1.165, 1.54) is 99.4 Å². The molecule has 65 heavy (non-hydrogen) atoms. The van der Waals surface area contributed by atoms with Crippen LogP contribution in [0.1, 0.15) is 42.1 Å². The largest absolute Gasteiger partial charge is 0.374 e. The predicted molar refractivity (Wildman–Crippen MR) is 273 cm³/mol. The number of benzene rings is 9. The van der Waals surface area contributed by atoms with Gasteiger partial charge in [0.1, 0.15) is 0 Å². The summed E-state index contributed by atoms with van der Waals surface area (Å²) in [5.41, 5.74) is 20.9. The van der Waals surface area contributed by atoms with Crippen molar-refractivity contribution in [3.63, 3.8) is 0 Å². The van der Waals surface area contributed by atoms with Gasteiger partial charge in [0.15, 0.2) is 0 Å². The van der Waals surface area contributed by atoms with Crippen LogP contribution in [-0.2, 0) is 5.41 Å². The molecule has 2 aliphatic rings. The molecule has 1 atom stereocenters. The van der Waals surface area contributed by atoms with Gasteiger partial charge in [-0.2, -0.15) is 0 Å². The Balaban J connectivity index is 0.977. The minimum Gasteiger partial charge on any atom is -0.374 e. The highest BCUT2D eigenvalue weighted by atomic mass is 15.0. The third-order valence-electron chi connectivity index (χ3n) is 14.2. The van der Waals surface area contributed by atoms with E-state index in [9.17, 15) is 0 Å². The van der Waals surface area contributed by atoms with E-state index in [4.69, 9.17) is 0 Å². The van der Waals surface area contributed by atoms with Crippen molar-refractivity contribution in [3.05, 3.63) is 247 Å². The fourth-order valence-corrected chi connectivity index (χ4v) is 10.9. The Morgan fingerprint density at radius 2 is 0.938 bits per heavy atom. The first-order valence-corrected chi connectivity index (χ1v) is 22.7. The molecule has 9 aromatic carbocycles. The third kappa shape index (κ3) is 5.89. The number of nitrogens with one attached hydrogen (secondary N) is 1. The number of para-hydroxylation sites is 2. The van der Waals surface area contributed by atoms with E-state index in [0.29, 0.717) is 0 Å². The zero-order valence-corrected chi connectivity index (χ0v) is 36.3. The smallest absolute Gasteiger partial charge is 0.0701 e. The van der Waals surface area contributed by atoms with Gasteiger partial charge < -0.3 is 14.5 Å². The molecule has 1 unspecified atom stereocenters. The number of nitrogens with zero attached hydrogens (tertiary/aromatic N) is 2. The molecule has 308 valence electrons. The Morgan fingerprint density at radius 1 is 0.400 bits per heavy atom. The maximum atomic E-state index is 3.81. The average Bonchev–Trinajstić information content (AvgIpc) is 3.96. The highest BCUT2D eigenvalue weighted by molar-refractivity contribution is 6.13. The summed E-state index contributed by atoms with van der Waals surface area (Å²) in [5, 5.41) is 8.77. The highest BCUT2D eigenvalue weighted by Gasteiger charge is 2.35. The van der Waals surface area contributed by atoms with Crippen molar-refractivity contribution in [3.8, 4) is 44.8 Å².